The molecule has 0 unspecified atom stereocenters. The number of hydrogen-bond donors (Lipinski definition) is 3. The van der Waals surface area contributed by atoms with Gasteiger partial charge in [0.1, 0.15) is 5.75 Å². The maximum Gasteiger partial charge on any atom is 0.223 e. The number of nitrogens with zero attached hydrogens (tertiary/aromatic N) is 1. The van der Waals surface area contributed by atoms with E-state index in [9.17, 15) is 15.0 Å². The lowest BCUT2D eigenvalue weighted by atomic mass is 9.86. The highest BCUT2D eigenvalue weighted by molar-refractivity contribution is 5.79. The molecule has 1 aromatic carbocycles. The number of phenolic OH excluding ortho intramolecular Hbond substituents is 1. The maximum atomic E-state index is 12.4. The topological polar surface area (TPSA) is 72.8 Å². The van der Waals surface area contributed by atoms with Crippen LogP contribution in [0, 0.1) is 5.92 Å². The Bertz CT molecular complexity index is 555. The zero-order valence-electron chi connectivity index (χ0n) is 14.2. The molecule has 1 atom stereocenters. The van der Waals surface area contributed by atoms with Crippen LogP contribution >= 0.6 is 0 Å². The van der Waals surface area contributed by atoms with Gasteiger partial charge in [-0.05, 0) is 62.8 Å². The van der Waals surface area contributed by atoms with Crippen molar-refractivity contribution in [2.75, 3.05) is 13.1 Å². The van der Waals surface area contributed by atoms with E-state index in [2.05, 4.69) is 10.2 Å². The number of carbonyl (C=O) groups excluding carboxylic acids is 1. The Balaban J connectivity index is 1.49. The van der Waals surface area contributed by atoms with E-state index in [0.717, 1.165) is 63.7 Å². The van der Waals surface area contributed by atoms with Gasteiger partial charge in [0, 0.05) is 25.0 Å². The maximum absolute atomic E-state index is 12.4. The molecule has 0 aromatic heterocycles. The monoisotopic (exact) mass is 332 g/mol. The molecule has 1 aliphatic carbocycles. The molecule has 24 heavy (non-hydrogen) atoms. The van der Waals surface area contributed by atoms with E-state index in [0.29, 0.717) is 5.75 Å². The van der Waals surface area contributed by atoms with Crippen molar-refractivity contribution in [2.24, 2.45) is 5.92 Å². The first-order valence-corrected chi connectivity index (χ1v) is 9.09. The first-order valence-electron chi connectivity index (χ1n) is 9.09. The number of carbonyl (C=O) groups is 1. The second kappa shape index (κ2) is 7.99. The molecule has 1 amide bonds. The fraction of sp³-hybridized carbons (Fsp3) is 0.632. The summed E-state index contributed by atoms with van der Waals surface area (Å²) in [4.78, 5) is 14.8. The molecule has 5 heteroatoms. The molecule has 1 saturated heterocycles. The number of aliphatic hydroxyl groups excluding tert-OH is 1. The van der Waals surface area contributed by atoms with E-state index in [-0.39, 0.29) is 24.0 Å². The summed E-state index contributed by atoms with van der Waals surface area (Å²) in [6, 6.07) is 7.58. The summed E-state index contributed by atoms with van der Waals surface area (Å²) in [6.45, 7) is 2.69. The Morgan fingerprint density at radius 2 is 2.00 bits per heavy atom. The molecule has 0 spiro atoms. The molecule has 132 valence electrons. The summed E-state index contributed by atoms with van der Waals surface area (Å²) in [5.41, 5.74) is 1.10. The molecular formula is C19H28N2O3. The molecule has 1 saturated carbocycles. The van der Waals surface area contributed by atoms with Crippen LogP contribution in [-0.2, 0) is 11.3 Å². The Hall–Kier alpha value is -1.59. The van der Waals surface area contributed by atoms with Gasteiger partial charge in [0.25, 0.3) is 0 Å². The smallest absolute Gasteiger partial charge is 0.223 e. The standard InChI is InChI=1S/C19H28N2O3/c22-17-8-6-15(7-9-17)19(24)20-16-4-2-10-21(13-16)12-14-3-1-5-18(23)11-14/h1,3,5,11,15-17,22-23H,2,4,6-10,12-13H2,(H,20,24)/t15?,16-,17?/m1/s1. The van der Waals surface area contributed by atoms with Gasteiger partial charge in [0.05, 0.1) is 6.10 Å². The molecule has 0 radical (unpaired) electrons. The van der Waals surface area contributed by atoms with Crippen LogP contribution in [0.3, 0.4) is 0 Å². The van der Waals surface area contributed by atoms with Gasteiger partial charge >= 0.3 is 0 Å². The third kappa shape index (κ3) is 4.71. The summed E-state index contributed by atoms with van der Waals surface area (Å²) >= 11 is 0. The number of piperidine rings is 1. The average molecular weight is 332 g/mol. The molecule has 2 aliphatic rings. The van der Waals surface area contributed by atoms with E-state index < -0.39 is 0 Å². The molecule has 2 fully saturated rings. The van der Waals surface area contributed by atoms with Crippen molar-refractivity contribution in [3.05, 3.63) is 29.8 Å². The van der Waals surface area contributed by atoms with Crippen molar-refractivity contribution in [1.29, 1.82) is 0 Å². The predicted octanol–water partition coefficient (Wildman–Crippen LogP) is 2.02. The zero-order chi connectivity index (χ0) is 16.9. The zero-order valence-corrected chi connectivity index (χ0v) is 14.2. The lowest BCUT2D eigenvalue weighted by Gasteiger charge is -2.34. The third-order valence-electron chi connectivity index (χ3n) is 5.24. The molecule has 3 N–H and O–H groups in total. The number of phenols is 1. The van der Waals surface area contributed by atoms with Crippen LogP contribution < -0.4 is 5.32 Å². The normalized spacial score (nSPS) is 28.5. The number of hydrogen-bond acceptors (Lipinski definition) is 4. The number of benzene rings is 1. The van der Waals surface area contributed by atoms with Gasteiger partial charge in [-0.25, -0.2) is 0 Å². The van der Waals surface area contributed by atoms with E-state index in [4.69, 9.17) is 0 Å². The highest BCUT2D eigenvalue weighted by atomic mass is 16.3. The average Bonchev–Trinajstić information content (AvgIpc) is 2.56. The first-order chi connectivity index (χ1) is 11.6. The van der Waals surface area contributed by atoms with Crippen LogP contribution in [-0.4, -0.2) is 46.3 Å². The third-order valence-corrected chi connectivity index (χ3v) is 5.24. The highest BCUT2D eigenvalue weighted by Gasteiger charge is 2.28. The quantitative estimate of drug-likeness (QED) is 0.789. The summed E-state index contributed by atoms with van der Waals surface area (Å²) in [5, 5.41) is 22.4. The van der Waals surface area contributed by atoms with Crippen molar-refractivity contribution in [2.45, 2.75) is 57.2 Å². The molecular weight excluding hydrogens is 304 g/mol. The van der Waals surface area contributed by atoms with Crippen molar-refractivity contribution in [1.82, 2.24) is 10.2 Å². The van der Waals surface area contributed by atoms with E-state index >= 15 is 0 Å². The van der Waals surface area contributed by atoms with E-state index in [1.54, 1.807) is 12.1 Å². The fourth-order valence-corrected chi connectivity index (χ4v) is 3.89. The molecule has 0 bridgehead atoms. The van der Waals surface area contributed by atoms with Gasteiger partial charge in [0.15, 0.2) is 0 Å². The number of likely N-dealkylation sites (tertiary alicyclic amines) is 1. The van der Waals surface area contributed by atoms with Gasteiger partial charge in [-0.15, -0.1) is 0 Å². The van der Waals surface area contributed by atoms with Crippen LogP contribution in [0.2, 0.25) is 0 Å². The molecule has 5 nitrogen and oxygen atoms in total. The van der Waals surface area contributed by atoms with Gasteiger partial charge < -0.3 is 15.5 Å². The Morgan fingerprint density at radius 1 is 1.21 bits per heavy atom. The summed E-state index contributed by atoms with van der Waals surface area (Å²) in [5.74, 6) is 0.523. The van der Waals surface area contributed by atoms with Crippen molar-refractivity contribution >= 4 is 5.91 Å². The first kappa shape index (κ1) is 17.2. The minimum absolute atomic E-state index is 0.0647. The largest absolute Gasteiger partial charge is 0.508 e. The number of amides is 1. The minimum atomic E-state index is -0.221. The van der Waals surface area contributed by atoms with Gasteiger partial charge in [-0.1, -0.05) is 12.1 Å². The Kier molecular flexibility index (Phi) is 5.74. The highest BCUT2D eigenvalue weighted by Crippen LogP contribution is 2.25. The van der Waals surface area contributed by atoms with Crippen molar-refractivity contribution in [3.63, 3.8) is 0 Å². The summed E-state index contributed by atoms with van der Waals surface area (Å²) in [6.07, 6.45) is 4.96. The van der Waals surface area contributed by atoms with Gasteiger partial charge in [0.2, 0.25) is 5.91 Å². The van der Waals surface area contributed by atoms with Crippen LogP contribution in [0.25, 0.3) is 0 Å². The van der Waals surface area contributed by atoms with Crippen molar-refractivity contribution < 1.29 is 15.0 Å². The van der Waals surface area contributed by atoms with Crippen LogP contribution in [0.15, 0.2) is 24.3 Å². The summed E-state index contributed by atoms with van der Waals surface area (Å²) < 4.78 is 0. The van der Waals surface area contributed by atoms with E-state index in [1.165, 1.54) is 0 Å². The van der Waals surface area contributed by atoms with Gasteiger partial charge in [-0.3, -0.25) is 9.69 Å². The van der Waals surface area contributed by atoms with Gasteiger partial charge in [-0.2, -0.15) is 0 Å². The fourth-order valence-electron chi connectivity index (χ4n) is 3.89. The van der Waals surface area contributed by atoms with Crippen LogP contribution in [0.1, 0.15) is 44.1 Å². The number of aliphatic hydroxyl groups is 1. The SMILES string of the molecule is O=C(N[C@@H]1CCCN(Cc2cccc(O)c2)C1)C1CCC(O)CC1. The lowest BCUT2D eigenvalue weighted by molar-refractivity contribution is -0.127. The minimum Gasteiger partial charge on any atom is -0.508 e. The van der Waals surface area contributed by atoms with E-state index in [1.807, 2.05) is 12.1 Å². The molecule has 1 aromatic rings. The molecule has 3 rings (SSSR count). The molecule has 1 aliphatic heterocycles. The second-order valence-corrected chi connectivity index (χ2v) is 7.26. The van der Waals surface area contributed by atoms with Crippen LogP contribution in [0.4, 0.5) is 0 Å². The number of rotatable bonds is 4. The molecule has 1 heterocycles. The second-order valence-electron chi connectivity index (χ2n) is 7.26. The Morgan fingerprint density at radius 3 is 2.75 bits per heavy atom. The number of aromatic hydroxyl groups is 1. The van der Waals surface area contributed by atoms with Crippen molar-refractivity contribution in [3.8, 4) is 5.75 Å². The number of nitrogens with one attached hydrogen (secondary N) is 1. The predicted molar refractivity (Wildman–Crippen MR) is 92.5 cm³/mol. The Labute approximate surface area is 143 Å². The lowest BCUT2D eigenvalue weighted by Crippen LogP contribution is -2.49. The van der Waals surface area contributed by atoms with Crippen LogP contribution in [0.5, 0.6) is 5.75 Å². The summed E-state index contributed by atoms with van der Waals surface area (Å²) in [7, 11) is 0.